The Hall–Kier alpha value is -3.24. The molecule has 1 N–H and O–H groups in total. The van der Waals surface area contributed by atoms with Crippen molar-refractivity contribution >= 4 is 39.3 Å². The van der Waals surface area contributed by atoms with E-state index >= 15 is 0 Å². The number of carbonyl (C=O) groups is 2. The molecule has 1 saturated heterocycles. The lowest BCUT2D eigenvalue weighted by molar-refractivity contribution is -0.124. The smallest absolute Gasteiger partial charge is 0.410 e. The summed E-state index contributed by atoms with van der Waals surface area (Å²) in [5, 5.41) is 0.714. The highest BCUT2D eigenvalue weighted by Gasteiger charge is 2.54. The highest BCUT2D eigenvalue weighted by molar-refractivity contribution is 7.90. The van der Waals surface area contributed by atoms with Crippen molar-refractivity contribution in [2.45, 2.75) is 68.3 Å². The molecule has 5 aliphatic rings. The number of amides is 2. The van der Waals surface area contributed by atoms with Gasteiger partial charge in [0.15, 0.2) is 5.60 Å². The Labute approximate surface area is 276 Å². The van der Waals surface area contributed by atoms with Crippen molar-refractivity contribution in [1.82, 2.24) is 9.62 Å². The quantitative estimate of drug-likeness (QED) is 0.360. The molecule has 11 heteroatoms. The fourth-order valence-electron chi connectivity index (χ4n) is 8.32. The molecule has 0 unspecified atom stereocenters. The first-order valence-corrected chi connectivity index (χ1v) is 18.2. The van der Waals surface area contributed by atoms with Crippen molar-refractivity contribution in [3.8, 4) is 5.75 Å². The van der Waals surface area contributed by atoms with Crippen molar-refractivity contribution < 1.29 is 27.5 Å². The zero-order chi connectivity index (χ0) is 32.4. The molecule has 2 fully saturated rings. The van der Waals surface area contributed by atoms with Gasteiger partial charge in [-0.3, -0.25) is 4.79 Å². The molecule has 2 bridgehead atoms. The number of allylic oxidation sites excluding steroid dienone is 1. The molecule has 2 aromatic carbocycles. The highest BCUT2D eigenvalue weighted by Crippen LogP contribution is 2.50. The third-order valence-corrected chi connectivity index (χ3v) is 12.9. The Morgan fingerprint density at radius 3 is 2.63 bits per heavy atom. The number of anilines is 1. The molecule has 0 radical (unpaired) electrons. The Morgan fingerprint density at radius 1 is 1.07 bits per heavy atom. The van der Waals surface area contributed by atoms with Gasteiger partial charge in [-0.15, -0.1) is 0 Å². The van der Waals surface area contributed by atoms with Gasteiger partial charge in [-0.1, -0.05) is 37.6 Å². The minimum absolute atomic E-state index is 0.0276. The molecule has 9 nitrogen and oxygen atoms in total. The predicted octanol–water partition coefficient (Wildman–Crippen LogP) is 5.70. The Balaban J connectivity index is 1.34. The molecule has 7 rings (SSSR count). The molecule has 2 aromatic rings. The van der Waals surface area contributed by atoms with Crippen LogP contribution in [-0.4, -0.2) is 64.2 Å². The van der Waals surface area contributed by atoms with Crippen molar-refractivity contribution in [3.05, 3.63) is 64.7 Å². The lowest BCUT2D eigenvalue weighted by atomic mass is 9.64. The fourth-order valence-corrected chi connectivity index (χ4v) is 9.59. The number of sulfonamides is 1. The average molecular weight is 668 g/mol. The van der Waals surface area contributed by atoms with Crippen LogP contribution in [0.3, 0.4) is 0 Å². The predicted molar refractivity (Wildman–Crippen MR) is 176 cm³/mol. The van der Waals surface area contributed by atoms with Gasteiger partial charge in [-0.05, 0) is 97.9 Å². The van der Waals surface area contributed by atoms with Crippen LogP contribution in [0.25, 0.3) is 0 Å². The van der Waals surface area contributed by atoms with E-state index in [0.29, 0.717) is 49.1 Å². The first-order valence-electron chi connectivity index (χ1n) is 16.4. The molecule has 2 aliphatic carbocycles. The van der Waals surface area contributed by atoms with E-state index in [1.54, 1.807) is 31.0 Å². The van der Waals surface area contributed by atoms with Gasteiger partial charge in [0.05, 0.1) is 23.7 Å². The normalized spacial score (nSPS) is 34.4. The van der Waals surface area contributed by atoms with Crippen LogP contribution in [0.1, 0.15) is 57.1 Å². The van der Waals surface area contributed by atoms with Gasteiger partial charge in [0.2, 0.25) is 5.91 Å². The number of halogens is 1. The third kappa shape index (κ3) is 5.35. The van der Waals surface area contributed by atoms with Crippen LogP contribution >= 0.6 is 11.6 Å². The van der Waals surface area contributed by atoms with Crippen molar-refractivity contribution in [1.29, 1.82) is 0 Å². The second-order valence-electron chi connectivity index (χ2n) is 14.2. The fraction of sp³-hybridized carbons (Fsp3) is 0.543. The molecule has 2 spiro atoms. The summed E-state index contributed by atoms with van der Waals surface area (Å²) in [4.78, 5) is 30.0. The molecule has 0 aromatic heterocycles. The average Bonchev–Trinajstić information content (AvgIpc) is 3.18. The summed E-state index contributed by atoms with van der Waals surface area (Å²) in [6, 6.07) is 11.0. The number of hydrogen-bond acceptors (Lipinski definition) is 7. The first kappa shape index (κ1) is 31.4. The summed E-state index contributed by atoms with van der Waals surface area (Å²) < 4.78 is 42.3. The molecule has 246 valence electrons. The number of ether oxygens (including phenoxy) is 2. The summed E-state index contributed by atoms with van der Waals surface area (Å²) in [7, 11) is -2.36. The van der Waals surface area contributed by atoms with Crippen LogP contribution in [0.4, 0.5) is 10.5 Å². The molecule has 3 aliphatic heterocycles. The van der Waals surface area contributed by atoms with E-state index in [4.69, 9.17) is 21.1 Å². The van der Waals surface area contributed by atoms with Crippen LogP contribution in [0.5, 0.6) is 5.75 Å². The zero-order valence-electron chi connectivity index (χ0n) is 26.6. The van der Waals surface area contributed by atoms with Gasteiger partial charge >= 0.3 is 6.09 Å². The molecular weight excluding hydrogens is 626 g/mol. The Bertz CT molecular complexity index is 1710. The number of hydrogen-bond donors (Lipinski definition) is 1. The van der Waals surface area contributed by atoms with Crippen molar-refractivity contribution in [2.24, 2.45) is 23.7 Å². The number of fused-ring (bicyclic) bond motifs is 5. The molecular formula is C35H42ClN3O6S. The third-order valence-electron chi connectivity index (χ3n) is 11.3. The van der Waals surface area contributed by atoms with Gasteiger partial charge in [0, 0.05) is 42.4 Å². The van der Waals surface area contributed by atoms with E-state index in [1.165, 1.54) is 17.2 Å². The number of carbonyl (C=O) groups excluding carboxylic acids is 2. The van der Waals surface area contributed by atoms with Gasteiger partial charge < -0.3 is 19.3 Å². The van der Waals surface area contributed by atoms with Crippen LogP contribution in [-0.2, 0) is 31.4 Å². The molecule has 46 heavy (non-hydrogen) atoms. The molecule has 2 amide bonds. The van der Waals surface area contributed by atoms with Crippen LogP contribution in [0.2, 0.25) is 5.02 Å². The Morgan fingerprint density at radius 2 is 1.89 bits per heavy atom. The van der Waals surface area contributed by atoms with Gasteiger partial charge in [0.1, 0.15) is 5.75 Å². The van der Waals surface area contributed by atoms with E-state index in [0.717, 1.165) is 32.1 Å². The maximum Gasteiger partial charge on any atom is 0.410 e. The van der Waals surface area contributed by atoms with Gasteiger partial charge in [0.25, 0.3) is 10.0 Å². The maximum absolute atomic E-state index is 13.6. The van der Waals surface area contributed by atoms with Crippen LogP contribution in [0, 0.1) is 23.7 Å². The van der Waals surface area contributed by atoms with Gasteiger partial charge in [-0.2, -0.15) is 0 Å². The summed E-state index contributed by atoms with van der Waals surface area (Å²) in [5.41, 5.74) is 2.05. The van der Waals surface area contributed by atoms with Gasteiger partial charge in [-0.25, -0.2) is 17.9 Å². The molecule has 3 heterocycles. The molecule has 1 saturated carbocycles. The van der Waals surface area contributed by atoms with Crippen molar-refractivity contribution in [3.63, 3.8) is 0 Å². The Kier molecular flexibility index (Phi) is 7.82. The summed E-state index contributed by atoms with van der Waals surface area (Å²) in [6.45, 7) is 5.87. The number of aryl methyl sites for hydroxylation is 1. The van der Waals surface area contributed by atoms with Crippen LogP contribution in [0.15, 0.2) is 53.4 Å². The largest absolute Gasteiger partial charge is 0.490 e. The van der Waals surface area contributed by atoms with Crippen LogP contribution < -0.4 is 14.4 Å². The second-order valence-corrected chi connectivity index (χ2v) is 16.3. The van der Waals surface area contributed by atoms with E-state index in [9.17, 15) is 18.0 Å². The topological polar surface area (TPSA) is 105 Å². The summed E-state index contributed by atoms with van der Waals surface area (Å²) in [5.74, 6) is -0.339. The van der Waals surface area contributed by atoms with E-state index < -0.39 is 27.4 Å². The number of benzene rings is 2. The first-order chi connectivity index (χ1) is 21.9. The number of likely N-dealkylation sites (N-methyl/N-ethyl adjacent to an activating group) is 1. The number of rotatable bonds is 0. The van der Waals surface area contributed by atoms with E-state index in [2.05, 4.69) is 21.8 Å². The number of nitrogens with zero attached hydrogens (tertiary/aromatic N) is 2. The van der Waals surface area contributed by atoms with E-state index in [1.807, 2.05) is 25.1 Å². The lowest BCUT2D eigenvalue weighted by Gasteiger charge is -2.48. The van der Waals surface area contributed by atoms with Crippen molar-refractivity contribution in [2.75, 3.05) is 38.2 Å². The highest BCUT2D eigenvalue weighted by atomic mass is 35.5. The monoisotopic (exact) mass is 667 g/mol. The minimum atomic E-state index is -4.13. The SMILES string of the molecule is C[C@H]1C/C=C/[C@@]2(CN(C)C(=O)O2)[C@@H]2CC[C@H]2CN2C[C@@]3(CCCc4cc(Cl)ccc43)COc3ccc(cc32)S(=O)(=O)NC(=O)[C@@H]1C. The van der Waals surface area contributed by atoms with E-state index in [-0.39, 0.29) is 34.2 Å². The minimum Gasteiger partial charge on any atom is -0.490 e. The summed E-state index contributed by atoms with van der Waals surface area (Å²) >= 11 is 6.43. The lowest BCUT2D eigenvalue weighted by Crippen LogP contribution is -2.53. The maximum atomic E-state index is 13.6. The second kappa shape index (κ2) is 11.5. The summed E-state index contributed by atoms with van der Waals surface area (Å²) in [6.07, 6.45) is 9.01. The molecule has 6 atom stereocenters. The number of nitrogens with one attached hydrogen (secondary N) is 1. The standard InChI is InChI=1S/C35H42ClN3O6S/c1-22-6-4-15-35(20-38(3)33(41)45-35)29-11-8-25(29)18-39-19-34(14-5-7-24-16-26(36)9-12-28(24)34)21-44-31-13-10-27(17-30(31)39)46(42,43)37-32(40)23(22)2/h4,9-10,12-13,15-17,22-23,25,29H,5-8,11,14,18-21H2,1-3H3,(H,37,40)/b15-4+/t22-,23+,25-,29+,34-,35+/m0/s1. The zero-order valence-corrected chi connectivity index (χ0v) is 28.2.